The van der Waals surface area contributed by atoms with E-state index in [4.69, 9.17) is 5.73 Å². The van der Waals surface area contributed by atoms with E-state index in [1.165, 1.54) is 24.3 Å². The molecular weight excluding hydrogens is 192 g/mol. The largest absolute Gasteiger partial charge is 0.399 e. The van der Waals surface area contributed by atoms with E-state index in [0.717, 1.165) is 0 Å². The van der Waals surface area contributed by atoms with Crippen LogP contribution >= 0.6 is 0 Å². The summed E-state index contributed by atoms with van der Waals surface area (Å²) in [6, 6.07) is 5.23. The molecule has 0 atom stereocenters. The minimum atomic E-state index is -4.01. The Bertz CT molecular complexity index is 422. The summed E-state index contributed by atoms with van der Waals surface area (Å²) >= 11 is 0. The molecule has 0 unspecified atom stereocenters. The Labute approximate surface area is 75.3 Å². The van der Waals surface area contributed by atoms with Crippen molar-refractivity contribution < 1.29 is 13.2 Å². The third-order valence-corrected chi connectivity index (χ3v) is 2.88. The number of sulfone groups is 1. The molecule has 0 aliphatic heterocycles. The molecule has 1 rings (SSSR count). The molecule has 0 saturated heterocycles. The van der Waals surface area contributed by atoms with Gasteiger partial charge in [-0.05, 0) is 24.3 Å². The lowest BCUT2D eigenvalue weighted by Crippen LogP contribution is -2.21. The predicted octanol–water partition coefficient (Wildman–Crippen LogP) is 0.121. The van der Waals surface area contributed by atoms with Gasteiger partial charge in [-0.25, -0.2) is 8.42 Å². The fourth-order valence-corrected chi connectivity index (χ4v) is 1.49. The highest BCUT2D eigenvalue weighted by atomic mass is 32.2. The van der Waals surface area contributed by atoms with E-state index in [1.807, 2.05) is 0 Å². The Kier molecular flexibility index (Phi) is 2.24. The average molecular weight is 200 g/mol. The van der Waals surface area contributed by atoms with Crippen LogP contribution in [0.25, 0.3) is 0 Å². The summed E-state index contributed by atoms with van der Waals surface area (Å²) in [4.78, 5) is 10.4. The fraction of sp³-hybridized carbons (Fsp3) is 0. The van der Waals surface area contributed by atoms with Crippen LogP contribution in [0.2, 0.25) is 0 Å². The van der Waals surface area contributed by atoms with E-state index in [2.05, 4.69) is 5.73 Å². The molecule has 13 heavy (non-hydrogen) atoms. The van der Waals surface area contributed by atoms with Gasteiger partial charge in [0.2, 0.25) is 0 Å². The van der Waals surface area contributed by atoms with Crippen molar-refractivity contribution in [2.75, 3.05) is 5.73 Å². The van der Waals surface area contributed by atoms with E-state index in [1.54, 1.807) is 0 Å². The second-order valence-corrected chi connectivity index (χ2v) is 4.27. The van der Waals surface area contributed by atoms with Crippen molar-refractivity contribution in [1.82, 2.24) is 0 Å². The van der Waals surface area contributed by atoms with Crippen molar-refractivity contribution in [2.24, 2.45) is 5.73 Å². The third kappa shape index (κ3) is 1.78. The molecular formula is C7H8N2O3S. The maximum atomic E-state index is 11.1. The van der Waals surface area contributed by atoms with Crippen molar-refractivity contribution in [1.29, 1.82) is 0 Å². The van der Waals surface area contributed by atoms with Gasteiger partial charge in [0, 0.05) is 5.69 Å². The first-order chi connectivity index (χ1) is 5.94. The van der Waals surface area contributed by atoms with Crippen LogP contribution in [0, 0.1) is 0 Å². The number of hydrogen-bond acceptors (Lipinski definition) is 4. The minimum absolute atomic E-state index is 0.144. The molecule has 1 amide bonds. The van der Waals surface area contributed by atoms with Crippen molar-refractivity contribution in [3.63, 3.8) is 0 Å². The van der Waals surface area contributed by atoms with Crippen LogP contribution in [0.4, 0.5) is 10.5 Å². The molecule has 4 N–H and O–H groups in total. The van der Waals surface area contributed by atoms with Gasteiger partial charge in [-0.3, -0.25) is 4.79 Å². The first-order valence-corrected chi connectivity index (χ1v) is 4.83. The van der Waals surface area contributed by atoms with Crippen LogP contribution in [0.3, 0.4) is 0 Å². The van der Waals surface area contributed by atoms with Crippen LogP contribution in [0.1, 0.15) is 0 Å². The Morgan fingerprint density at radius 2 is 1.62 bits per heavy atom. The summed E-state index contributed by atoms with van der Waals surface area (Å²) in [6.45, 7) is 0. The second-order valence-electron chi connectivity index (χ2n) is 2.39. The first-order valence-electron chi connectivity index (χ1n) is 3.34. The third-order valence-electron chi connectivity index (χ3n) is 1.46. The zero-order chi connectivity index (χ0) is 10.1. The lowest BCUT2D eigenvalue weighted by molar-refractivity contribution is 0.265. The molecule has 1 aromatic carbocycles. The standard InChI is InChI=1S/C7H8N2O3S/c8-5-1-3-6(4-2-5)13(11,12)7(9)10/h1-4H,8H2,(H2,9,10). The predicted molar refractivity (Wildman–Crippen MR) is 47.6 cm³/mol. The summed E-state index contributed by atoms with van der Waals surface area (Å²) in [6.07, 6.45) is 0. The number of nitrogen functional groups attached to an aromatic ring is 1. The van der Waals surface area contributed by atoms with Crippen LogP contribution in [0.15, 0.2) is 29.2 Å². The van der Waals surface area contributed by atoms with Crippen LogP contribution < -0.4 is 11.5 Å². The number of nitrogens with two attached hydrogens (primary N) is 2. The molecule has 5 nitrogen and oxygen atoms in total. The van der Waals surface area contributed by atoms with Crippen molar-refractivity contribution >= 4 is 20.8 Å². The van der Waals surface area contributed by atoms with Gasteiger partial charge in [-0.15, -0.1) is 0 Å². The Morgan fingerprint density at radius 1 is 1.15 bits per heavy atom. The molecule has 1 aromatic rings. The molecule has 0 saturated carbocycles. The number of amides is 1. The number of carbonyl (C=O) groups excluding carboxylic acids is 1. The van der Waals surface area contributed by atoms with Gasteiger partial charge in [0.1, 0.15) is 0 Å². The molecule has 0 aliphatic rings. The van der Waals surface area contributed by atoms with Gasteiger partial charge >= 0.3 is 5.24 Å². The van der Waals surface area contributed by atoms with Crippen molar-refractivity contribution in [3.05, 3.63) is 24.3 Å². The molecule has 0 aliphatic carbocycles. The highest BCUT2D eigenvalue weighted by Crippen LogP contribution is 2.12. The summed E-state index contributed by atoms with van der Waals surface area (Å²) < 4.78 is 22.3. The molecule has 6 heteroatoms. The van der Waals surface area contributed by atoms with Gasteiger partial charge in [0.05, 0.1) is 4.90 Å². The van der Waals surface area contributed by atoms with E-state index < -0.39 is 15.1 Å². The van der Waals surface area contributed by atoms with E-state index >= 15 is 0 Å². The molecule has 0 fully saturated rings. The smallest absolute Gasteiger partial charge is 0.338 e. The highest BCUT2D eigenvalue weighted by molar-refractivity contribution is 8.06. The molecule has 70 valence electrons. The number of primary amides is 1. The molecule has 0 spiro atoms. The zero-order valence-electron chi connectivity index (χ0n) is 6.60. The van der Waals surface area contributed by atoms with Gasteiger partial charge in [0.25, 0.3) is 9.84 Å². The minimum Gasteiger partial charge on any atom is -0.399 e. The number of benzene rings is 1. The summed E-state index contributed by atoms with van der Waals surface area (Å²) in [5.41, 5.74) is 10.4. The van der Waals surface area contributed by atoms with Crippen LogP contribution in [0.5, 0.6) is 0 Å². The van der Waals surface area contributed by atoms with E-state index in [-0.39, 0.29) is 4.90 Å². The van der Waals surface area contributed by atoms with E-state index in [9.17, 15) is 13.2 Å². The van der Waals surface area contributed by atoms with Gasteiger partial charge in [0.15, 0.2) is 0 Å². The Balaban J connectivity index is 3.25. The SMILES string of the molecule is NC(=O)S(=O)(=O)c1ccc(N)cc1. The Morgan fingerprint density at radius 3 is 2.00 bits per heavy atom. The van der Waals surface area contributed by atoms with Crippen LogP contribution in [-0.2, 0) is 9.84 Å². The average Bonchev–Trinajstić information content (AvgIpc) is 2.04. The highest BCUT2D eigenvalue weighted by Gasteiger charge is 2.20. The van der Waals surface area contributed by atoms with Gasteiger partial charge in [-0.1, -0.05) is 0 Å². The normalized spacial score (nSPS) is 11.1. The lowest BCUT2D eigenvalue weighted by Gasteiger charge is -1.99. The van der Waals surface area contributed by atoms with Crippen LogP contribution in [-0.4, -0.2) is 13.7 Å². The summed E-state index contributed by atoms with van der Waals surface area (Å²) in [5.74, 6) is 0. The second kappa shape index (κ2) is 3.06. The van der Waals surface area contributed by atoms with E-state index in [0.29, 0.717) is 5.69 Å². The van der Waals surface area contributed by atoms with Crippen molar-refractivity contribution in [3.8, 4) is 0 Å². The first kappa shape index (κ1) is 9.53. The number of rotatable bonds is 1. The monoisotopic (exact) mass is 200 g/mol. The maximum Gasteiger partial charge on any atom is 0.338 e. The molecule has 0 bridgehead atoms. The Hall–Kier alpha value is -1.56. The topological polar surface area (TPSA) is 103 Å². The van der Waals surface area contributed by atoms with Gasteiger partial charge in [-0.2, -0.15) is 0 Å². The quantitative estimate of drug-likeness (QED) is 0.628. The van der Waals surface area contributed by atoms with Gasteiger partial charge < -0.3 is 11.5 Å². The molecule has 0 aromatic heterocycles. The number of anilines is 1. The fourth-order valence-electron chi connectivity index (χ4n) is 0.763. The summed E-state index contributed by atoms with van der Waals surface area (Å²) in [5, 5.41) is -1.36. The maximum absolute atomic E-state index is 11.1. The van der Waals surface area contributed by atoms with Crippen molar-refractivity contribution in [2.45, 2.75) is 4.90 Å². The lowest BCUT2D eigenvalue weighted by atomic mass is 10.3. The zero-order valence-corrected chi connectivity index (χ0v) is 7.41. The molecule has 0 radical (unpaired) electrons. The summed E-state index contributed by atoms with van der Waals surface area (Å²) in [7, 11) is -4.01. The molecule has 0 heterocycles. The number of hydrogen-bond donors (Lipinski definition) is 2. The number of carbonyl (C=O) groups is 1.